The quantitative estimate of drug-likeness (QED) is 0.726. The normalized spacial score (nSPS) is 29.9. The van der Waals surface area contributed by atoms with Crippen molar-refractivity contribution in [3.05, 3.63) is 0 Å². The average Bonchev–Trinajstić information content (AvgIpc) is 2.83. The molecule has 1 heterocycles. The van der Waals surface area contributed by atoms with Crippen LogP contribution in [-0.2, 0) is 4.79 Å². The fourth-order valence-corrected chi connectivity index (χ4v) is 3.23. The van der Waals surface area contributed by atoms with Crippen molar-refractivity contribution in [1.82, 2.24) is 15.5 Å². The molecule has 1 saturated carbocycles. The lowest BCUT2D eigenvalue weighted by atomic mass is 9.97. The highest BCUT2D eigenvalue weighted by Crippen LogP contribution is 2.29. The van der Waals surface area contributed by atoms with Gasteiger partial charge in [0.15, 0.2) is 0 Å². The molecular formula is C14H25N3O3. The van der Waals surface area contributed by atoms with Gasteiger partial charge in [0.05, 0.1) is 0 Å². The van der Waals surface area contributed by atoms with Gasteiger partial charge in [0, 0.05) is 18.6 Å². The highest BCUT2D eigenvalue weighted by atomic mass is 16.4. The summed E-state index contributed by atoms with van der Waals surface area (Å²) >= 11 is 0. The molecule has 20 heavy (non-hydrogen) atoms. The fourth-order valence-electron chi connectivity index (χ4n) is 3.23. The van der Waals surface area contributed by atoms with Gasteiger partial charge in [-0.2, -0.15) is 0 Å². The van der Waals surface area contributed by atoms with Gasteiger partial charge in [-0.3, -0.25) is 0 Å². The van der Waals surface area contributed by atoms with Crippen LogP contribution < -0.4 is 10.6 Å². The zero-order valence-electron chi connectivity index (χ0n) is 12.3. The van der Waals surface area contributed by atoms with Crippen LogP contribution in [0.1, 0.15) is 45.4 Å². The molecule has 0 spiro atoms. The van der Waals surface area contributed by atoms with Crippen molar-refractivity contribution in [1.29, 1.82) is 0 Å². The summed E-state index contributed by atoms with van der Waals surface area (Å²) < 4.78 is 0. The summed E-state index contributed by atoms with van der Waals surface area (Å²) in [6.07, 6.45) is 4.59. The van der Waals surface area contributed by atoms with Crippen LogP contribution in [0.15, 0.2) is 0 Å². The SMILES string of the molecule is CC1CC(NC(=O)NC2(C(=O)O)CCCC2)CCN1C. The molecule has 0 radical (unpaired) electrons. The monoisotopic (exact) mass is 283 g/mol. The third-order valence-electron chi connectivity index (χ3n) is 4.76. The van der Waals surface area contributed by atoms with E-state index < -0.39 is 11.5 Å². The third-order valence-corrected chi connectivity index (χ3v) is 4.76. The number of carbonyl (C=O) groups excluding carboxylic acids is 1. The highest BCUT2D eigenvalue weighted by molar-refractivity contribution is 5.86. The maximum Gasteiger partial charge on any atom is 0.329 e. The smallest absolute Gasteiger partial charge is 0.329 e. The number of likely N-dealkylation sites (tertiary alicyclic amines) is 1. The van der Waals surface area contributed by atoms with Gasteiger partial charge in [0.1, 0.15) is 5.54 Å². The second-order valence-electron chi connectivity index (χ2n) is 6.24. The fraction of sp³-hybridized carbons (Fsp3) is 0.857. The summed E-state index contributed by atoms with van der Waals surface area (Å²) in [6.45, 7) is 3.09. The number of urea groups is 1. The standard InChI is InChI=1S/C14H25N3O3/c1-10-9-11(5-8-17(10)2)15-13(20)16-14(12(18)19)6-3-4-7-14/h10-11H,3-9H2,1-2H3,(H,18,19)(H2,15,16,20). The maximum atomic E-state index is 12.1. The van der Waals surface area contributed by atoms with Gasteiger partial charge in [-0.05, 0) is 39.7 Å². The molecule has 6 nitrogen and oxygen atoms in total. The Hall–Kier alpha value is -1.30. The van der Waals surface area contributed by atoms with Crippen LogP contribution >= 0.6 is 0 Å². The largest absolute Gasteiger partial charge is 0.480 e. The first-order valence-electron chi connectivity index (χ1n) is 7.45. The van der Waals surface area contributed by atoms with Crippen LogP contribution in [0.3, 0.4) is 0 Å². The van der Waals surface area contributed by atoms with Crippen molar-refractivity contribution in [2.75, 3.05) is 13.6 Å². The molecule has 1 aliphatic heterocycles. The molecule has 0 aromatic rings. The third kappa shape index (κ3) is 3.23. The van der Waals surface area contributed by atoms with E-state index in [4.69, 9.17) is 0 Å². The number of aliphatic carboxylic acids is 1. The van der Waals surface area contributed by atoms with Gasteiger partial charge < -0.3 is 20.6 Å². The Balaban J connectivity index is 1.87. The highest BCUT2D eigenvalue weighted by Gasteiger charge is 2.42. The number of carbonyl (C=O) groups is 2. The molecule has 0 bridgehead atoms. The molecule has 1 aliphatic carbocycles. The second-order valence-corrected chi connectivity index (χ2v) is 6.24. The van der Waals surface area contributed by atoms with E-state index in [1.165, 1.54) is 0 Å². The molecule has 1 saturated heterocycles. The van der Waals surface area contributed by atoms with Crippen molar-refractivity contribution in [3.8, 4) is 0 Å². The lowest BCUT2D eigenvalue weighted by Gasteiger charge is -2.36. The molecule has 114 valence electrons. The topological polar surface area (TPSA) is 81.7 Å². The van der Waals surface area contributed by atoms with E-state index >= 15 is 0 Å². The molecule has 3 N–H and O–H groups in total. The summed E-state index contributed by atoms with van der Waals surface area (Å²) in [5.41, 5.74) is -1.05. The lowest BCUT2D eigenvalue weighted by Crippen LogP contribution is -2.58. The van der Waals surface area contributed by atoms with E-state index in [9.17, 15) is 14.7 Å². The number of hydrogen-bond acceptors (Lipinski definition) is 3. The van der Waals surface area contributed by atoms with Crippen LogP contribution in [0, 0.1) is 0 Å². The zero-order chi connectivity index (χ0) is 14.8. The summed E-state index contributed by atoms with van der Waals surface area (Å²) in [5, 5.41) is 15.0. The Morgan fingerprint density at radius 3 is 2.50 bits per heavy atom. The molecule has 0 aromatic carbocycles. The Kier molecular flexibility index (Phi) is 4.52. The Bertz CT molecular complexity index is 380. The van der Waals surface area contributed by atoms with E-state index in [-0.39, 0.29) is 12.1 Å². The Morgan fingerprint density at radius 1 is 1.30 bits per heavy atom. The molecule has 2 aliphatic rings. The predicted octanol–water partition coefficient (Wildman–Crippen LogP) is 1.17. The minimum absolute atomic E-state index is 0.133. The number of hydrogen-bond donors (Lipinski definition) is 3. The number of amides is 2. The lowest BCUT2D eigenvalue weighted by molar-refractivity contribution is -0.144. The van der Waals surface area contributed by atoms with Crippen LogP contribution in [0.5, 0.6) is 0 Å². The van der Waals surface area contributed by atoms with Gasteiger partial charge in [0.25, 0.3) is 0 Å². The van der Waals surface area contributed by atoms with E-state index in [0.29, 0.717) is 18.9 Å². The molecule has 0 aromatic heterocycles. The number of piperidine rings is 1. The molecule has 2 unspecified atom stereocenters. The Morgan fingerprint density at radius 2 is 1.95 bits per heavy atom. The summed E-state index contributed by atoms with van der Waals surface area (Å²) in [5.74, 6) is -0.915. The van der Waals surface area contributed by atoms with Crippen LogP contribution in [0.25, 0.3) is 0 Å². The molecule has 6 heteroatoms. The number of nitrogens with zero attached hydrogens (tertiary/aromatic N) is 1. The van der Waals surface area contributed by atoms with E-state index in [1.807, 2.05) is 0 Å². The molecule has 2 rings (SSSR count). The van der Waals surface area contributed by atoms with Crippen molar-refractivity contribution in [2.45, 2.75) is 63.1 Å². The first-order valence-corrected chi connectivity index (χ1v) is 7.45. The van der Waals surface area contributed by atoms with Crippen molar-refractivity contribution < 1.29 is 14.7 Å². The summed E-state index contributed by atoms with van der Waals surface area (Å²) in [7, 11) is 2.08. The summed E-state index contributed by atoms with van der Waals surface area (Å²) in [4.78, 5) is 25.7. The van der Waals surface area contributed by atoms with Gasteiger partial charge in [-0.15, -0.1) is 0 Å². The van der Waals surface area contributed by atoms with Crippen LogP contribution in [0.2, 0.25) is 0 Å². The number of carboxylic acids is 1. The Labute approximate surface area is 119 Å². The molecule has 2 amide bonds. The van der Waals surface area contributed by atoms with E-state index in [2.05, 4.69) is 29.5 Å². The van der Waals surface area contributed by atoms with Crippen molar-refractivity contribution in [3.63, 3.8) is 0 Å². The zero-order valence-corrected chi connectivity index (χ0v) is 12.3. The van der Waals surface area contributed by atoms with Gasteiger partial charge in [-0.25, -0.2) is 9.59 Å². The number of nitrogens with one attached hydrogen (secondary N) is 2. The van der Waals surface area contributed by atoms with E-state index in [1.54, 1.807) is 0 Å². The molecule has 2 fully saturated rings. The number of carboxylic acid groups (broad SMARTS) is 1. The van der Waals surface area contributed by atoms with Crippen molar-refractivity contribution >= 4 is 12.0 Å². The van der Waals surface area contributed by atoms with Gasteiger partial charge in [0.2, 0.25) is 0 Å². The van der Waals surface area contributed by atoms with E-state index in [0.717, 1.165) is 32.2 Å². The molecular weight excluding hydrogens is 258 g/mol. The number of rotatable bonds is 3. The molecule has 2 atom stereocenters. The summed E-state index contributed by atoms with van der Waals surface area (Å²) in [6, 6.07) is 0.235. The van der Waals surface area contributed by atoms with Gasteiger partial charge in [-0.1, -0.05) is 12.8 Å². The van der Waals surface area contributed by atoms with Crippen LogP contribution in [-0.4, -0.2) is 53.2 Å². The minimum atomic E-state index is -1.05. The van der Waals surface area contributed by atoms with Crippen molar-refractivity contribution in [2.24, 2.45) is 0 Å². The maximum absolute atomic E-state index is 12.1. The van der Waals surface area contributed by atoms with Gasteiger partial charge >= 0.3 is 12.0 Å². The average molecular weight is 283 g/mol. The first-order chi connectivity index (χ1) is 9.43. The second kappa shape index (κ2) is 5.99. The predicted molar refractivity (Wildman–Crippen MR) is 75.6 cm³/mol. The first kappa shape index (κ1) is 15.1. The minimum Gasteiger partial charge on any atom is -0.480 e. The van der Waals surface area contributed by atoms with Crippen LogP contribution in [0.4, 0.5) is 4.79 Å².